The summed E-state index contributed by atoms with van der Waals surface area (Å²) in [6.45, 7) is 0.252. The summed E-state index contributed by atoms with van der Waals surface area (Å²) < 4.78 is 5.49. The molecule has 5 nitrogen and oxygen atoms in total. The predicted molar refractivity (Wildman–Crippen MR) is 74.3 cm³/mol. The van der Waals surface area contributed by atoms with E-state index in [1.54, 1.807) is 30.6 Å². The van der Waals surface area contributed by atoms with Crippen molar-refractivity contribution in [3.8, 4) is 5.75 Å². The van der Waals surface area contributed by atoms with Crippen molar-refractivity contribution in [3.63, 3.8) is 0 Å². The number of benzene rings is 1. The van der Waals surface area contributed by atoms with Gasteiger partial charge in [-0.15, -0.1) is 0 Å². The van der Waals surface area contributed by atoms with Crippen LogP contribution >= 0.6 is 15.9 Å². The number of pyridine rings is 1. The topological polar surface area (TPSA) is 65.3 Å². The summed E-state index contributed by atoms with van der Waals surface area (Å²) in [5, 5.41) is 11.6. The van der Waals surface area contributed by atoms with E-state index in [0.29, 0.717) is 5.33 Å². The maximum atomic E-state index is 11.0. The van der Waals surface area contributed by atoms with E-state index in [1.807, 2.05) is 6.07 Å². The Morgan fingerprint density at radius 1 is 1.32 bits per heavy atom. The van der Waals surface area contributed by atoms with Gasteiger partial charge in [0.05, 0.1) is 4.92 Å². The third-order valence-corrected chi connectivity index (χ3v) is 3.14. The molecule has 0 radical (unpaired) electrons. The molecule has 1 aromatic heterocycles. The van der Waals surface area contributed by atoms with Crippen LogP contribution in [-0.2, 0) is 11.9 Å². The van der Waals surface area contributed by atoms with Crippen molar-refractivity contribution >= 4 is 21.6 Å². The Bertz CT molecular complexity index is 575. The van der Waals surface area contributed by atoms with Gasteiger partial charge < -0.3 is 4.74 Å². The first-order chi connectivity index (χ1) is 9.20. The number of hydrogen-bond acceptors (Lipinski definition) is 4. The van der Waals surface area contributed by atoms with Gasteiger partial charge in [0.15, 0.2) is 5.75 Å². The zero-order valence-electron chi connectivity index (χ0n) is 9.95. The Morgan fingerprint density at radius 2 is 2.16 bits per heavy atom. The number of nitro benzene ring substituents is 1. The number of halogens is 1. The van der Waals surface area contributed by atoms with Crippen LogP contribution in [0.25, 0.3) is 0 Å². The maximum Gasteiger partial charge on any atom is 0.311 e. The molecule has 98 valence electrons. The molecular formula is C13H11BrN2O3. The van der Waals surface area contributed by atoms with E-state index in [2.05, 4.69) is 20.9 Å². The van der Waals surface area contributed by atoms with Crippen LogP contribution in [0.5, 0.6) is 5.75 Å². The normalized spacial score (nSPS) is 10.2. The lowest BCUT2D eigenvalue weighted by molar-refractivity contribution is -0.386. The molecule has 0 atom stereocenters. The third-order valence-electron chi connectivity index (χ3n) is 2.49. The summed E-state index contributed by atoms with van der Waals surface area (Å²) in [6.07, 6.45) is 3.33. The Kier molecular flexibility index (Phi) is 4.46. The fourth-order valence-corrected chi connectivity index (χ4v) is 1.90. The minimum atomic E-state index is -0.440. The van der Waals surface area contributed by atoms with Crippen LogP contribution in [0.1, 0.15) is 11.1 Å². The van der Waals surface area contributed by atoms with Crippen LogP contribution in [0.2, 0.25) is 0 Å². The van der Waals surface area contributed by atoms with Crippen molar-refractivity contribution in [2.75, 3.05) is 0 Å². The SMILES string of the molecule is O=[N+]([O-])c1cc(CBr)ccc1OCc1cccnc1. The van der Waals surface area contributed by atoms with Crippen LogP contribution in [0, 0.1) is 10.1 Å². The van der Waals surface area contributed by atoms with E-state index in [0.717, 1.165) is 11.1 Å². The highest BCUT2D eigenvalue weighted by atomic mass is 79.9. The van der Waals surface area contributed by atoms with Gasteiger partial charge in [-0.05, 0) is 17.7 Å². The first-order valence-corrected chi connectivity index (χ1v) is 6.68. The number of rotatable bonds is 5. The van der Waals surface area contributed by atoms with Gasteiger partial charge in [0.2, 0.25) is 0 Å². The minimum Gasteiger partial charge on any atom is -0.482 e. The van der Waals surface area contributed by atoms with Crippen LogP contribution in [0.4, 0.5) is 5.69 Å². The highest BCUT2D eigenvalue weighted by Crippen LogP contribution is 2.29. The second-order valence-electron chi connectivity index (χ2n) is 3.84. The molecule has 1 heterocycles. The molecule has 0 aliphatic heterocycles. The molecule has 0 unspecified atom stereocenters. The molecule has 1 aromatic carbocycles. The highest BCUT2D eigenvalue weighted by molar-refractivity contribution is 9.08. The zero-order valence-corrected chi connectivity index (χ0v) is 11.5. The minimum absolute atomic E-state index is 0.0270. The number of aromatic nitrogens is 1. The van der Waals surface area contributed by atoms with E-state index >= 15 is 0 Å². The fraction of sp³-hybridized carbons (Fsp3) is 0.154. The number of ether oxygens (including phenoxy) is 1. The van der Waals surface area contributed by atoms with Gasteiger partial charge in [-0.25, -0.2) is 0 Å². The summed E-state index contributed by atoms with van der Waals surface area (Å²) in [5.74, 6) is 0.263. The summed E-state index contributed by atoms with van der Waals surface area (Å²) in [6, 6.07) is 8.56. The van der Waals surface area contributed by atoms with E-state index in [1.165, 1.54) is 6.07 Å². The van der Waals surface area contributed by atoms with E-state index in [9.17, 15) is 10.1 Å². The van der Waals surface area contributed by atoms with E-state index < -0.39 is 4.92 Å². The average Bonchev–Trinajstić information content (AvgIpc) is 2.46. The van der Waals surface area contributed by atoms with Gasteiger partial charge >= 0.3 is 5.69 Å². The van der Waals surface area contributed by atoms with Crippen LogP contribution in [0.15, 0.2) is 42.7 Å². The monoisotopic (exact) mass is 322 g/mol. The first-order valence-electron chi connectivity index (χ1n) is 5.55. The van der Waals surface area contributed by atoms with Crippen LogP contribution in [-0.4, -0.2) is 9.91 Å². The molecule has 6 heteroatoms. The predicted octanol–water partition coefficient (Wildman–Crippen LogP) is 3.46. The first kappa shape index (κ1) is 13.5. The molecule has 2 aromatic rings. The van der Waals surface area contributed by atoms with Crippen molar-refractivity contribution in [1.29, 1.82) is 0 Å². The lowest BCUT2D eigenvalue weighted by Crippen LogP contribution is -2.00. The molecule has 0 bridgehead atoms. The van der Waals surface area contributed by atoms with Gasteiger partial charge in [0.1, 0.15) is 6.61 Å². The number of nitrogens with zero attached hydrogens (tertiary/aromatic N) is 2. The van der Waals surface area contributed by atoms with Crippen LogP contribution in [0.3, 0.4) is 0 Å². The van der Waals surface area contributed by atoms with E-state index in [-0.39, 0.29) is 18.0 Å². The lowest BCUT2D eigenvalue weighted by Gasteiger charge is -2.07. The molecule has 0 aliphatic rings. The largest absolute Gasteiger partial charge is 0.482 e. The molecular weight excluding hydrogens is 312 g/mol. The smallest absolute Gasteiger partial charge is 0.311 e. The second kappa shape index (κ2) is 6.29. The highest BCUT2D eigenvalue weighted by Gasteiger charge is 2.15. The Hall–Kier alpha value is -1.95. The summed E-state index contributed by atoms with van der Waals surface area (Å²) in [5.41, 5.74) is 1.67. The lowest BCUT2D eigenvalue weighted by atomic mass is 10.2. The van der Waals surface area contributed by atoms with Gasteiger partial charge in [-0.2, -0.15) is 0 Å². The summed E-state index contributed by atoms with van der Waals surface area (Å²) in [4.78, 5) is 14.5. The Balaban J connectivity index is 2.18. The summed E-state index contributed by atoms with van der Waals surface area (Å²) >= 11 is 3.27. The molecule has 0 amide bonds. The van der Waals surface area contributed by atoms with Gasteiger partial charge in [0, 0.05) is 29.4 Å². The quantitative estimate of drug-likeness (QED) is 0.480. The molecule has 0 spiro atoms. The van der Waals surface area contributed by atoms with Crippen molar-refractivity contribution in [1.82, 2.24) is 4.98 Å². The maximum absolute atomic E-state index is 11.0. The van der Waals surface area contributed by atoms with Gasteiger partial charge in [-0.1, -0.05) is 28.1 Å². The van der Waals surface area contributed by atoms with E-state index in [4.69, 9.17) is 4.74 Å². The fourth-order valence-electron chi connectivity index (χ4n) is 1.56. The van der Waals surface area contributed by atoms with Crippen molar-refractivity contribution in [2.45, 2.75) is 11.9 Å². The standard InChI is InChI=1S/C13H11BrN2O3/c14-7-10-3-4-13(12(6-10)16(17)18)19-9-11-2-1-5-15-8-11/h1-6,8H,7,9H2. The molecule has 19 heavy (non-hydrogen) atoms. The Labute approximate surface area is 118 Å². The molecule has 0 aliphatic carbocycles. The van der Waals surface area contributed by atoms with Crippen molar-refractivity contribution in [3.05, 3.63) is 64.0 Å². The number of alkyl halides is 1. The molecule has 0 fully saturated rings. The van der Waals surface area contributed by atoms with Crippen molar-refractivity contribution in [2.24, 2.45) is 0 Å². The number of hydrogen-bond donors (Lipinski definition) is 0. The second-order valence-corrected chi connectivity index (χ2v) is 4.40. The average molecular weight is 323 g/mol. The molecule has 2 rings (SSSR count). The molecule has 0 N–H and O–H groups in total. The molecule has 0 saturated carbocycles. The van der Waals surface area contributed by atoms with Crippen LogP contribution < -0.4 is 4.74 Å². The van der Waals surface area contributed by atoms with Gasteiger partial charge in [0.25, 0.3) is 0 Å². The Morgan fingerprint density at radius 3 is 2.79 bits per heavy atom. The third kappa shape index (κ3) is 3.51. The molecule has 0 saturated heterocycles. The number of nitro groups is 1. The summed E-state index contributed by atoms with van der Waals surface area (Å²) in [7, 11) is 0. The van der Waals surface area contributed by atoms with Crippen molar-refractivity contribution < 1.29 is 9.66 Å². The zero-order chi connectivity index (χ0) is 13.7. The van der Waals surface area contributed by atoms with Gasteiger partial charge in [-0.3, -0.25) is 15.1 Å².